The first-order valence-corrected chi connectivity index (χ1v) is 8.80. The van der Waals surface area contributed by atoms with E-state index in [1.54, 1.807) is 13.3 Å². The van der Waals surface area contributed by atoms with Gasteiger partial charge in [-0.05, 0) is 63.8 Å². The second-order valence-corrected chi connectivity index (χ2v) is 7.56. The van der Waals surface area contributed by atoms with Crippen LogP contribution in [0.2, 0.25) is 0 Å². The molecule has 3 rings (SSSR count). The van der Waals surface area contributed by atoms with Crippen LogP contribution in [0.15, 0.2) is 30.5 Å². The van der Waals surface area contributed by atoms with Crippen molar-refractivity contribution in [2.45, 2.75) is 51.7 Å². The van der Waals surface area contributed by atoms with Gasteiger partial charge in [-0.3, -0.25) is 4.98 Å². The molecule has 1 saturated carbocycles. The number of ether oxygens (including phenoxy) is 2. The van der Waals surface area contributed by atoms with Gasteiger partial charge in [-0.25, -0.2) is 4.79 Å². The molecule has 5 nitrogen and oxygen atoms in total. The smallest absolute Gasteiger partial charge is 0.329 e. The van der Waals surface area contributed by atoms with Crippen LogP contribution in [0.1, 0.15) is 40.0 Å². The minimum absolute atomic E-state index is 0.197. The third-order valence-corrected chi connectivity index (χ3v) is 4.54. The Balaban J connectivity index is 1.92. The van der Waals surface area contributed by atoms with Gasteiger partial charge in [0.25, 0.3) is 0 Å². The molecule has 0 radical (unpaired) electrons. The highest BCUT2D eigenvalue weighted by Crippen LogP contribution is 2.35. The number of carbonyl (C=O) groups is 1. The van der Waals surface area contributed by atoms with E-state index in [0.29, 0.717) is 5.92 Å². The average Bonchev–Trinajstić information content (AvgIpc) is 2.51. The number of esters is 1. The van der Waals surface area contributed by atoms with Crippen LogP contribution < -0.4 is 10.1 Å². The molecular weight excluding hydrogens is 316 g/mol. The van der Waals surface area contributed by atoms with Crippen LogP contribution in [0, 0.1) is 5.92 Å². The summed E-state index contributed by atoms with van der Waals surface area (Å²) in [5.74, 6) is 0.874. The van der Waals surface area contributed by atoms with Gasteiger partial charge in [0.05, 0.1) is 18.3 Å². The predicted molar refractivity (Wildman–Crippen MR) is 98.9 cm³/mol. The molecule has 0 amide bonds. The maximum absolute atomic E-state index is 12.7. The van der Waals surface area contributed by atoms with Crippen molar-refractivity contribution in [3.63, 3.8) is 0 Å². The molecule has 1 N–H and O–H groups in total. The average molecular weight is 342 g/mol. The number of hydrogen-bond donors (Lipinski definition) is 1. The highest BCUT2D eigenvalue weighted by atomic mass is 16.6. The van der Waals surface area contributed by atoms with Gasteiger partial charge in [-0.2, -0.15) is 0 Å². The van der Waals surface area contributed by atoms with Crippen LogP contribution in [-0.4, -0.2) is 29.7 Å². The fourth-order valence-corrected chi connectivity index (χ4v) is 3.12. The molecule has 1 heterocycles. The molecule has 1 aromatic heterocycles. The van der Waals surface area contributed by atoms with Gasteiger partial charge in [-0.1, -0.05) is 6.42 Å². The predicted octanol–water partition coefficient (Wildman–Crippen LogP) is 4.17. The van der Waals surface area contributed by atoms with Crippen molar-refractivity contribution < 1.29 is 14.3 Å². The topological polar surface area (TPSA) is 60.5 Å². The number of carbonyl (C=O) groups excluding carboxylic acids is 1. The lowest BCUT2D eigenvalue weighted by Crippen LogP contribution is -2.44. The minimum atomic E-state index is -0.499. The van der Waals surface area contributed by atoms with Gasteiger partial charge in [0.2, 0.25) is 0 Å². The van der Waals surface area contributed by atoms with Crippen LogP contribution in [0.3, 0.4) is 0 Å². The molecule has 1 atom stereocenters. The Bertz CT molecular complexity index is 763. The van der Waals surface area contributed by atoms with Crippen LogP contribution in [0.5, 0.6) is 5.75 Å². The number of hydrogen-bond acceptors (Lipinski definition) is 5. The standard InChI is InChI=1S/C20H26N2O3/c1-20(2,3)25-19(23)17(13-7-5-8-13)22-15-10-11-16(24-4)14-9-6-12-21-18(14)15/h6,9-13,17,22H,5,7-8H2,1-4H3/t17-/m0/s1. The van der Waals surface area contributed by atoms with Crippen molar-refractivity contribution in [3.8, 4) is 5.75 Å². The number of anilines is 1. The fraction of sp³-hybridized carbons (Fsp3) is 0.500. The summed E-state index contributed by atoms with van der Waals surface area (Å²) in [7, 11) is 1.65. The number of fused-ring (bicyclic) bond motifs is 1. The molecule has 2 aromatic rings. The van der Waals surface area contributed by atoms with Gasteiger partial charge in [-0.15, -0.1) is 0 Å². The maximum atomic E-state index is 12.7. The fourth-order valence-electron chi connectivity index (χ4n) is 3.12. The van der Waals surface area contributed by atoms with E-state index in [9.17, 15) is 4.79 Å². The quantitative estimate of drug-likeness (QED) is 0.827. The Morgan fingerprint density at radius 1 is 1.28 bits per heavy atom. The van der Waals surface area contributed by atoms with E-state index in [-0.39, 0.29) is 12.0 Å². The van der Waals surface area contributed by atoms with E-state index in [0.717, 1.165) is 41.6 Å². The number of benzene rings is 1. The summed E-state index contributed by atoms with van der Waals surface area (Å²) in [5, 5.41) is 4.33. The number of methoxy groups -OCH3 is 1. The van der Waals surface area contributed by atoms with E-state index < -0.39 is 5.60 Å². The van der Waals surface area contributed by atoms with Gasteiger partial charge < -0.3 is 14.8 Å². The van der Waals surface area contributed by atoms with E-state index in [1.165, 1.54) is 0 Å². The van der Waals surface area contributed by atoms with Crippen LogP contribution in [0.4, 0.5) is 5.69 Å². The molecule has 5 heteroatoms. The minimum Gasteiger partial charge on any atom is -0.496 e. The molecule has 0 bridgehead atoms. The lowest BCUT2D eigenvalue weighted by Gasteiger charge is -2.35. The van der Waals surface area contributed by atoms with Crippen LogP contribution in [-0.2, 0) is 9.53 Å². The zero-order valence-electron chi connectivity index (χ0n) is 15.3. The van der Waals surface area contributed by atoms with Crippen molar-refractivity contribution in [3.05, 3.63) is 30.5 Å². The van der Waals surface area contributed by atoms with Crippen molar-refractivity contribution >= 4 is 22.6 Å². The monoisotopic (exact) mass is 342 g/mol. The first-order valence-electron chi connectivity index (χ1n) is 8.80. The summed E-state index contributed by atoms with van der Waals surface area (Å²) in [6.07, 6.45) is 4.99. The highest BCUT2D eigenvalue weighted by molar-refractivity contribution is 5.96. The first-order chi connectivity index (χ1) is 11.9. The lowest BCUT2D eigenvalue weighted by atomic mass is 9.79. The van der Waals surface area contributed by atoms with E-state index in [2.05, 4.69) is 10.3 Å². The second kappa shape index (κ2) is 6.90. The third-order valence-electron chi connectivity index (χ3n) is 4.54. The molecule has 0 saturated heterocycles. The maximum Gasteiger partial charge on any atom is 0.329 e. The number of rotatable bonds is 5. The van der Waals surface area contributed by atoms with E-state index in [4.69, 9.17) is 9.47 Å². The van der Waals surface area contributed by atoms with Gasteiger partial charge in [0.15, 0.2) is 0 Å². The SMILES string of the molecule is COc1ccc(N[C@H](C(=O)OC(C)(C)C)C2CCC2)c2ncccc12. The van der Waals surface area contributed by atoms with Gasteiger partial charge in [0.1, 0.15) is 17.4 Å². The van der Waals surface area contributed by atoms with E-state index >= 15 is 0 Å². The van der Waals surface area contributed by atoms with Gasteiger partial charge in [0, 0.05) is 11.6 Å². The zero-order valence-corrected chi connectivity index (χ0v) is 15.3. The Labute approximate surface area is 148 Å². The van der Waals surface area contributed by atoms with Crippen molar-refractivity contribution in [1.29, 1.82) is 0 Å². The second-order valence-electron chi connectivity index (χ2n) is 7.56. The number of nitrogens with zero attached hydrogens (tertiary/aromatic N) is 1. The van der Waals surface area contributed by atoms with Crippen LogP contribution >= 0.6 is 0 Å². The van der Waals surface area contributed by atoms with Crippen LogP contribution in [0.25, 0.3) is 10.9 Å². The zero-order chi connectivity index (χ0) is 18.0. The first kappa shape index (κ1) is 17.5. The molecule has 0 unspecified atom stereocenters. The van der Waals surface area contributed by atoms with Crippen molar-refractivity contribution in [2.24, 2.45) is 5.92 Å². The Morgan fingerprint density at radius 3 is 2.64 bits per heavy atom. The number of nitrogens with one attached hydrogen (secondary N) is 1. The molecule has 0 spiro atoms. The summed E-state index contributed by atoms with van der Waals surface area (Å²) in [6.45, 7) is 5.69. The van der Waals surface area contributed by atoms with Crippen molar-refractivity contribution in [1.82, 2.24) is 4.98 Å². The number of pyridine rings is 1. The summed E-state index contributed by atoms with van der Waals surface area (Å²) in [6, 6.07) is 7.32. The molecule has 134 valence electrons. The largest absolute Gasteiger partial charge is 0.496 e. The normalized spacial score (nSPS) is 16.2. The Hall–Kier alpha value is -2.30. The molecule has 1 aliphatic carbocycles. The van der Waals surface area contributed by atoms with E-state index in [1.807, 2.05) is 45.0 Å². The molecule has 0 aliphatic heterocycles. The molecule has 1 aromatic carbocycles. The number of aromatic nitrogens is 1. The molecule has 1 fully saturated rings. The third kappa shape index (κ3) is 3.86. The summed E-state index contributed by atoms with van der Waals surface area (Å²) < 4.78 is 11.1. The Morgan fingerprint density at radius 2 is 2.04 bits per heavy atom. The Kier molecular flexibility index (Phi) is 4.84. The molecule has 25 heavy (non-hydrogen) atoms. The summed E-state index contributed by atoms with van der Waals surface area (Å²) in [4.78, 5) is 17.2. The van der Waals surface area contributed by atoms with Crippen molar-refractivity contribution in [2.75, 3.05) is 12.4 Å². The molecule has 1 aliphatic rings. The lowest BCUT2D eigenvalue weighted by molar-refractivity contribution is -0.157. The highest BCUT2D eigenvalue weighted by Gasteiger charge is 2.36. The van der Waals surface area contributed by atoms with Gasteiger partial charge >= 0.3 is 5.97 Å². The summed E-state index contributed by atoms with van der Waals surface area (Å²) in [5.41, 5.74) is 1.13. The summed E-state index contributed by atoms with van der Waals surface area (Å²) >= 11 is 0. The molecular formula is C20H26N2O3.